The number of anilines is 2. The molecule has 1 amide bonds. The zero-order valence-corrected chi connectivity index (χ0v) is 21.7. The van der Waals surface area contributed by atoms with Crippen LogP contribution in [0.3, 0.4) is 0 Å². The highest BCUT2D eigenvalue weighted by atomic mass is 16.5. The summed E-state index contributed by atoms with van der Waals surface area (Å²) in [7, 11) is 0. The number of para-hydroxylation sites is 2. The number of rotatable bonds is 6. The Morgan fingerprint density at radius 2 is 1.78 bits per heavy atom. The topological polar surface area (TPSA) is 58.6 Å². The van der Waals surface area contributed by atoms with Crippen molar-refractivity contribution in [3.63, 3.8) is 0 Å². The molecule has 0 fully saturated rings. The molecule has 0 bridgehead atoms. The van der Waals surface area contributed by atoms with Gasteiger partial charge in [-0.05, 0) is 53.8 Å². The Morgan fingerprint density at radius 3 is 2.57 bits per heavy atom. The first-order valence-corrected chi connectivity index (χ1v) is 13.1. The molecule has 1 N–H and O–H groups in total. The number of carbonyl (C=O) groups is 2. The van der Waals surface area contributed by atoms with E-state index in [1.54, 1.807) is 0 Å². The molecule has 1 aliphatic heterocycles. The standard InChI is InChI=1S/C32H34N2O3/c1-4-5-18-37-24-15-11-14-23(19-24)30-29-26(20-32(2,3)21-28(29)35)33-25-16-9-10-17-27(25)34(30)31(36)22-12-7-6-8-13-22/h6-17,19-20,29-30,33H,4-5,18,21H2,1-3H3/t29-,30-/m0/s1. The summed E-state index contributed by atoms with van der Waals surface area (Å²) in [6, 6.07) is 24.4. The monoisotopic (exact) mass is 494 g/mol. The van der Waals surface area contributed by atoms with E-state index in [2.05, 4.69) is 32.2 Å². The Kier molecular flexibility index (Phi) is 6.88. The van der Waals surface area contributed by atoms with E-state index in [0.29, 0.717) is 18.6 Å². The zero-order chi connectivity index (χ0) is 26.0. The van der Waals surface area contributed by atoms with Crippen LogP contribution in [0.4, 0.5) is 11.4 Å². The first kappa shape index (κ1) is 24.8. The van der Waals surface area contributed by atoms with E-state index < -0.39 is 12.0 Å². The van der Waals surface area contributed by atoms with Gasteiger partial charge < -0.3 is 10.1 Å². The normalized spacial score (nSPS) is 20.1. The summed E-state index contributed by atoms with van der Waals surface area (Å²) in [5.41, 5.74) is 3.58. The number of hydrogen-bond acceptors (Lipinski definition) is 4. The number of fused-ring (bicyclic) bond motifs is 2. The van der Waals surface area contributed by atoms with Crippen LogP contribution in [0.15, 0.2) is 90.6 Å². The average molecular weight is 495 g/mol. The van der Waals surface area contributed by atoms with Gasteiger partial charge in [-0.25, -0.2) is 0 Å². The van der Waals surface area contributed by atoms with Crippen LogP contribution in [-0.2, 0) is 4.79 Å². The van der Waals surface area contributed by atoms with Gasteiger partial charge in [0.1, 0.15) is 11.5 Å². The number of ketones is 1. The van der Waals surface area contributed by atoms with Gasteiger partial charge in [-0.15, -0.1) is 0 Å². The number of unbranched alkanes of at least 4 members (excludes halogenated alkanes) is 1. The Bertz CT molecular complexity index is 1330. The molecule has 5 rings (SSSR count). The molecular formula is C32H34N2O3. The molecule has 37 heavy (non-hydrogen) atoms. The summed E-state index contributed by atoms with van der Waals surface area (Å²) in [5.74, 6) is 0.198. The van der Waals surface area contributed by atoms with Gasteiger partial charge in [0.05, 0.1) is 29.9 Å². The van der Waals surface area contributed by atoms with Crippen LogP contribution in [0.1, 0.15) is 62.0 Å². The minimum absolute atomic E-state index is 0.121. The van der Waals surface area contributed by atoms with Crippen molar-refractivity contribution in [3.8, 4) is 5.75 Å². The molecule has 0 saturated heterocycles. The lowest BCUT2D eigenvalue weighted by Crippen LogP contribution is -2.43. The minimum atomic E-state index is -0.534. The third kappa shape index (κ3) is 5.04. The molecule has 5 nitrogen and oxygen atoms in total. The van der Waals surface area contributed by atoms with Crippen molar-refractivity contribution < 1.29 is 14.3 Å². The van der Waals surface area contributed by atoms with Gasteiger partial charge in [-0.3, -0.25) is 14.5 Å². The molecule has 190 valence electrons. The highest BCUT2D eigenvalue weighted by molar-refractivity contribution is 6.09. The number of ether oxygens (including phenoxy) is 1. The smallest absolute Gasteiger partial charge is 0.258 e. The van der Waals surface area contributed by atoms with Crippen molar-refractivity contribution in [1.82, 2.24) is 0 Å². The maximum absolute atomic E-state index is 14.2. The van der Waals surface area contributed by atoms with Crippen molar-refractivity contribution >= 4 is 23.1 Å². The molecular weight excluding hydrogens is 460 g/mol. The first-order valence-electron chi connectivity index (χ1n) is 13.1. The summed E-state index contributed by atoms with van der Waals surface area (Å²) in [6.07, 6.45) is 4.59. The summed E-state index contributed by atoms with van der Waals surface area (Å²) in [5, 5.41) is 3.56. The maximum Gasteiger partial charge on any atom is 0.258 e. The average Bonchev–Trinajstić information content (AvgIpc) is 3.03. The SMILES string of the molecule is CCCCOc1cccc([C@H]2[C@@H]3C(=O)CC(C)(C)C=C3Nc3ccccc3N2C(=O)c2ccccc2)c1. The number of allylic oxidation sites excluding steroid dienone is 1. The van der Waals surface area contributed by atoms with Gasteiger partial charge in [0.15, 0.2) is 0 Å². The lowest BCUT2D eigenvalue weighted by atomic mass is 9.72. The van der Waals surface area contributed by atoms with Crippen LogP contribution >= 0.6 is 0 Å². The van der Waals surface area contributed by atoms with E-state index in [-0.39, 0.29) is 17.1 Å². The Hall–Kier alpha value is -3.86. The fraction of sp³-hybridized carbons (Fsp3) is 0.312. The van der Waals surface area contributed by atoms with E-state index in [0.717, 1.165) is 41.2 Å². The molecule has 0 radical (unpaired) electrons. The number of nitrogens with one attached hydrogen (secondary N) is 1. The van der Waals surface area contributed by atoms with Crippen LogP contribution in [0.5, 0.6) is 5.75 Å². The number of Topliss-reactive ketones (excluding diaryl/α,β-unsaturated/α-hetero) is 1. The van der Waals surface area contributed by atoms with Crippen LogP contribution in [0, 0.1) is 11.3 Å². The lowest BCUT2D eigenvalue weighted by molar-refractivity contribution is -0.124. The van der Waals surface area contributed by atoms with E-state index in [1.165, 1.54) is 0 Å². The lowest BCUT2D eigenvalue weighted by Gasteiger charge is -2.39. The maximum atomic E-state index is 14.2. The third-order valence-corrected chi connectivity index (χ3v) is 7.10. The molecule has 2 aliphatic rings. The van der Waals surface area contributed by atoms with Crippen molar-refractivity contribution in [2.24, 2.45) is 11.3 Å². The molecule has 0 unspecified atom stereocenters. The Balaban J connectivity index is 1.72. The number of benzene rings is 3. The van der Waals surface area contributed by atoms with Crippen molar-refractivity contribution in [2.45, 2.75) is 46.1 Å². The number of carbonyl (C=O) groups excluding carboxylic acids is 2. The van der Waals surface area contributed by atoms with E-state index in [4.69, 9.17) is 4.74 Å². The molecule has 0 saturated carbocycles. The zero-order valence-electron chi connectivity index (χ0n) is 21.7. The molecule has 1 heterocycles. The highest BCUT2D eigenvalue weighted by Gasteiger charge is 2.46. The van der Waals surface area contributed by atoms with Gasteiger partial charge in [0.25, 0.3) is 5.91 Å². The molecule has 2 atom stereocenters. The third-order valence-electron chi connectivity index (χ3n) is 7.10. The van der Waals surface area contributed by atoms with Gasteiger partial charge in [0, 0.05) is 17.7 Å². The molecule has 3 aromatic carbocycles. The predicted octanol–water partition coefficient (Wildman–Crippen LogP) is 7.18. The van der Waals surface area contributed by atoms with E-state index in [1.807, 2.05) is 83.8 Å². The summed E-state index contributed by atoms with van der Waals surface area (Å²) in [6.45, 7) is 6.92. The van der Waals surface area contributed by atoms with Crippen molar-refractivity contribution in [3.05, 3.63) is 102 Å². The van der Waals surface area contributed by atoms with Gasteiger partial charge in [0.2, 0.25) is 0 Å². The molecule has 1 aliphatic carbocycles. The van der Waals surface area contributed by atoms with Gasteiger partial charge >= 0.3 is 0 Å². The summed E-state index contributed by atoms with van der Waals surface area (Å²) < 4.78 is 6.04. The fourth-order valence-corrected chi connectivity index (χ4v) is 5.42. The van der Waals surface area contributed by atoms with E-state index in [9.17, 15) is 9.59 Å². The molecule has 0 aromatic heterocycles. The minimum Gasteiger partial charge on any atom is -0.494 e. The van der Waals surface area contributed by atoms with Crippen LogP contribution in [-0.4, -0.2) is 18.3 Å². The number of nitrogens with zero attached hydrogens (tertiary/aromatic N) is 1. The fourth-order valence-electron chi connectivity index (χ4n) is 5.42. The van der Waals surface area contributed by atoms with Crippen molar-refractivity contribution in [1.29, 1.82) is 0 Å². The predicted molar refractivity (Wildman–Crippen MR) is 148 cm³/mol. The largest absolute Gasteiger partial charge is 0.494 e. The molecule has 3 aromatic rings. The van der Waals surface area contributed by atoms with Gasteiger partial charge in [-0.1, -0.05) is 75.7 Å². The van der Waals surface area contributed by atoms with Crippen LogP contribution < -0.4 is 15.0 Å². The second kappa shape index (κ2) is 10.3. The second-order valence-corrected chi connectivity index (χ2v) is 10.6. The Labute approximate surface area is 219 Å². The van der Waals surface area contributed by atoms with Crippen molar-refractivity contribution in [2.75, 3.05) is 16.8 Å². The van der Waals surface area contributed by atoms with E-state index >= 15 is 0 Å². The first-order chi connectivity index (χ1) is 17.9. The summed E-state index contributed by atoms with van der Waals surface area (Å²) >= 11 is 0. The van der Waals surface area contributed by atoms with Gasteiger partial charge in [-0.2, -0.15) is 0 Å². The van der Waals surface area contributed by atoms with Crippen LogP contribution in [0.25, 0.3) is 0 Å². The number of amides is 1. The molecule has 5 heteroatoms. The molecule has 0 spiro atoms. The second-order valence-electron chi connectivity index (χ2n) is 10.6. The quantitative estimate of drug-likeness (QED) is 0.369. The highest BCUT2D eigenvalue weighted by Crippen LogP contribution is 2.49. The number of hydrogen-bond donors (Lipinski definition) is 1. The Morgan fingerprint density at radius 1 is 1.03 bits per heavy atom. The summed E-state index contributed by atoms with van der Waals surface area (Å²) in [4.78, 5) is 29.9. The van der Waals surface area contributed by atoms with Crippen LogP contribution in [0.2, 0.25) is 0 Å².